The van der Waals surface area contributed by atoms with Gasteiger partial charge < -0.3 is 9.88 Å². The Kier molecular flexibility index (Phi) is 7.78. The number of rotatable bonds is 9. The second-order valence-electron chi connectivity index (χ2n) is 8.45. The number of halogens is 1. The first kappa shape index (κ1) is 25.9. The Bertz CT molecular complexity index is 1500. The highest BCUT2D eigenvalue weighted by Gasteiger charge is 2.24. The van der Waals surface area contributed by atoms with Crippen molar-refractivity contribution in [2.24, 2.45) is 0 Å². The lowest BCUT2D eigenvalue weighted by atomic mass is 10.2. The minimum atomic E-state index is -3.68. The van der Waals surface area contributed by atoms with Crippen LogP contribution < -0.4 is 5.32 Å². The van der Waals surface area contributed by atoms with Crippen molar-refractivity contribution in [3.05, 3.63) is 94.8 Å². The molecule has 0 unspecified atom stereocenters. The summed E-state index contributed by atoms with van der Waals surface area (Å²) in [5, 5.41) is 3.64. The van der Waals surface area contributed by atoms with Crippen LogP contribution in [-0.4, -0.2) is 41.3 Å². The molecule has 1 heterocycles. The van der Waals surface area contributed by atoms with Crippen molar-refractivity contribution >= 4 is 38.6 Å². The molecule has 1 atom stereocenters. The van der Waals surface area contributed by atoms with Gasteiger partial charge in [-0.2, -0.15) is 4.31 Å². The molecule has 36 heavy (non-hydrogen) atoms. The molecule has 0 aliphatic rings. The molecule has 0 fully saturated rings. The number of para-hydroxylation sites is 2. The van der Waals surface area contributed by atoms with E-state index in [0.29, 0.717) is 30.5 Å². The van der Waals surface area contributed by atoms with Gasteiger partial charge in [-0.15, -0.1) is 0 Å². The van der Waals surface area contributed by atoms with Gasteiger partial charge in [-0.25, -0.2) is 13.4 Å². The fourth-order valence-corrected chi connectivity index (χ4v) is 5.94. The van der Waals surface area contributed by atoms with Crippen LogP contribution in [0.2, 0.25) is 5.02 Å². The Morgan fingerprint density at radius 2 is 1.72 bits per heavy atom. The van der Waals surface area contributed by atoms with Gasteiger partial charge in [-0.1, -0.05) is 61.8 Å². The van der Waals surface area contributed by atoms with Crippen molar-refractivity contribution in [3.63, 3.8) is 0 Å². The van der Waals surface area contributed by atoms with Crippen molar-refractivity contribution in [2.45, 2.75) is 38.3 Å². The minimum absolute atomic E-state index is 0.0949. The first-order valence-corrected chi connectivity index (χ1v) is 13.7. The second-order valence-corrected chi connectivity index (χ2v) is 10.8. The van der Waals surface area contributed by atoms with Crippen LogP contribution in [0.15, 0.2) is 77.7 Å². The van der Waals surface area contributed by atoms with E-state index < -0.39 is 16.1 Å². The lowest BCUT2D eigenvalue weighted by Crippen LogP contribution is -2.31. The number of nitrogens with one attached hydrogen (secondary N) is 1. The van der Waals surface area contributed by atoms with Crippen LogP contribution in [-0.2, 0) is 16.6 Å². The molecule has 0 saturated carbocycles. The van der Waals surface area contributed by atoms with E-state index in [4.69, 9.17) is 16.6 Å². The van der Waals surface area contributed by atoms with Crippen molar-refractivity contribution in [1.82, 2.24) is 19.2 Å². The maximum Gasteiger partial charge on any atom is 0.251 e. The van der Waals surface area contributed by atoms with E-state index in [1.54, 1.807) is 26.0 Å². The van der Waals surface area contributed by atoms with Gasteiger partial charge in [0.25, 0.3) is 5.91 Å². The summed E-state index contributed by atoms with van der Waals surface area (Å²) in [4.78, 5) is 18.1. The summed E-state index contributed by atoms with van der Waals surface area (Å²) in [6, 6.07) is 21.1. The first-order valence-electron chi connectivity index (χ1n) is 11.9. The zero-order chi connectivity index (χ0) is 25.9. The van der Waals surface area contributed by atoms with Gasteiger partial charge in [0.2, 0.25) is 10.0 Å². The summed E-state index contributed by atoms with van der Waals surface area (Å²) in [7, 11) is -3.68. The van der Waals surface area contributed by atoms with Gasteiger partial charge in [0.1, 0.15) is 5.82 Å². The predicted molar refractivity (Wildman–Crippen MR) is 143 cm³/mol. The summed E-state index contributed by atoms with van der Waals surface area (Å²) in [6.45, 7) is 6.63. The van der Waals surface area contributed by atoms with Crippen LogP contribution in [0.25, 0.3) is 11.0 Å². The highest BCUT2D eigenvalue weighted by Crippen LogP contribution is 2.25. The monoisotopic (exact) mass is 524 g/mol. The highest BCUT2D eigenvalue weighted by molar-refractivity contribution is 7.89. The number of sulfonamides is 1. The molecule has 0 spiro atoms. The van der Waals surface area contributed by atoms with Gasteiger partial charge >= 0.3 is 0 Å². The number of fused-ring (bicyclic) bond motifs is 1. The quantitative estimate of drug-likeness (QED) is 0.324. The number of benzene rings is 3. The number of carbonyl (C=O) groups excluding carboxylic acids is 1. The third-order valence-corrected chi connectivity index (χ3v) is 8.56. The molecule has 1 amide bonds. The first-order chi connectivity index (χ1) is 17.3. The molecule has 1 aromatic heterocycles. The molecule has 0 radical (unpaired) electrons. The number of aromatic nitrogens is 2. The topological polar surface area (TPSA) is 84.3 Å². The Balaban J connectivity index is 1.64. The van der Waals surface area contributed by atoms with Crippen LogP contribution in [0.5, 0.6) is 0 Å². The lowest BCUT2D eigenvalue weighted by Gasteiger charge is -2.19. The van der Waals surface area contributed by atoms with Crippen LogP contribution in [0.1, 0.15) is 48.6 Å². The molecular weight excluding hydrogens is 496 g/mol. The third-order valence-electron chi connectivity index (χ3n) is 6.14. The standard InChI is InChI=1S/C27H29ClN4O3S/c1-4-31(5-2)36(34,35)22-13-10-12-20(17-22)27(33)29-19(3)26-30-24-15-8-9-16-25(24)32(26)18-21-11-6-7-14-23(21)28/h6-17,19H,4-5,18H2,1-3H3,(H,29,33)/t19-/m1/s1. The zero-order valence-corrected chi connectivity index (χ0v) is 22.1. The summed E-state index contributed by atoms with van der Waals surface area (Å²) < 4.78 is 29.3. The molecule has 0 aliphatic carbocycles. The molecule has 188 valence electrons. The van der Waals surface area contributed by atoms with E-state index in [1.807, 2.05) is 60.0 Å². The number of imidazole rings is 1. The molecule has 0 aliphatic heterocycles. The van der Waals surface area contributed by atoms with Crippen LogP contribution >= 0.6 is 11.6 Å². The normalized spacial score (nSPS) is 12.7. The molecule has 7 nitrogen and oxygen atoms in total. The maximum atomic E-state index is 13.2. The van der Waals surface area contributed by atoms with Gasteiger partial charge in [0, 0.05) is 23.7 Å². The Labute approximate surface area is 216 Å². The summed E-state index contributed by atoms with van der Waals surface area (Å²) >= 11 is 6.43. The Hall–Kier alpha value is -3.20. The summed E-state index contributed by atoms with van der Waals surface area (Å²) in [6.07, 6.45) is 0. The molecule has 4 aromatic rings. The average Bonchev–Trinajstić information content (AvgIpc) is 3.24. The van der Waals surface area contributed by atoms with Gasteiger partial charge in [0.05, 0.1) is 28.5 Å². The fraction of sp³-hybridized carbons (Fsp3) is 0.259. The number of carbonyl (C=O) groups is 1. The van der Waals surface area contributed by atoms with E-state index >= 15 is 0 Å². The van der Waals surface area contributed by atoms with Gasteiger partial charge in [-0.3, -0.25) is 4.79 Å². The van der Waals surface area contributed by atoms with E-state index in [-0.39, 0.29) is 16.4 Å². The number of nitrogens with zero attached hydrogens (tertiary/aromatic N) is 3. The van der Waals surface area contributed by atoms with Gasteiger partial charge in [-0.05, 0) is 48.9 Å². The van der Waals surface area contributed by atoms with Crippen LogP contribution in [0.4, 0.5) is 0 Å². The summed E-state index contributed by atoms with van der Waals surface area (Å²) in [5.41, 5.74) is 2.95. The molecule has 4 rings (SSSR count). The lowest BCUT2D eigenvalue weighted by molar-refractivity contribution is 0.0937. The van der Waals surface area contributed by atoms with E-state index in [0.717, 1.165) is 16.6 Å². The number of hydrogen-bond acceptors (Lipinski definition) is 4. The molecule has 1 N–H and O–H groups in total. The maximum absolute atomic E-state index is 13.2. The zero-order valence-electron chi connectivity index (χ0n) is 20.5. The third kappa shape index (κ3) is 5.16. The predicted octanol–water partition coefficient (Wildman–Crippen LogP) is 5.26. The largest absolute Gasteiger partial charge is 0.342 e. The smallest absolute Gasteiger partial charge is 0.251 e. The van der Waals surface area contributed by atoms with E-state index in [2.05, 4.69) is 5.32 Å². The summed E-state index contributed by atoms with van der Waals surface area (Å²) in [5.74, 6) is 0.298. The number of hydrogen-bond donors (Lipinski definition) is 1. The molecule has 9 heteroatoms. The van der Waals surface area contributed by atoms with Crippen molar-refractivity contribution in [3.8, 4) is 0 Å². The molecule has 3 aromatic carbocycles. The van der Waals surface area contributed by atoms with Gasteiger partial charge in [0.15, 0.2) is 0 Å². The minimum Gasteiger partial charge on any atom is -0.342 e. The fourth-order valence-electron chi connectivity index (χ4n) is 4.24. The molecule has 0 bridgehead atoms. The Morgan fingerprint density at radius 3 is 2.44 bits per heavy atom. The second kappa shape index (κ2) is 10.8. The van der Waals surface area contributed by atoms with Crippen LogP contribution in [0.3, 0.4) is 0 Å². The van der Waals surface area contributed by atoms with E-state index in [1.165, 1.54) is 16.4 Å². The van der Waals surface area contributed by atoms with Crippen molar-refractivity contribution in [2.75, 3.05) is 13.1 Å². The SMILES string of the molecule is CCN(CC)S(=O)(=O)c1cccc(C(=O)N[C@H](C)c2nc3ccccc3n2Cc2ccccc2Cl)c1. The van der Waals surface area contributed by atoms with E-state index in [9.17, 15) is 13.2 Å². The van der Waals surface area contributed by atoms with Crippen LogP contribution in [0, 0.1) is 0 Å². The number of amides is 1. The molecular formula is C27H29ClN4O3S. The highest BCUT2D eigenvalue weighted by atomic mass is 35.5. The Morgan fingerprint density at radius 1 is 1.03 bits per heavy atom. The van der Waals surface area contributed by atoms with Crippen molar-refractivity contribution in [1.29, 1.82) is 0 Å². The van der Waals surface area contributed by atoms with Crippen molar-refractivity contribution < 1.29 is 13.2 Å². The molecule has 0 saturated heterocycles. The average molecular weight is 525 g/mol.